The molecule has 0 N–H and O–H groups in total. The molecule has 0 amide bonds. The third-order valence-corrected chi connectivity index (χ3v) is 2.03. The highest BCUT2D eigenvalue weighted by atomic mass is 35.5. The zero-order valence-corrected chi connectivity index (χ0v) is 7.21. The molecule has 1 aliphatic rings. The Morgan fingerprint density at radius 2 is 1.92 bits per heavy atom. The summed E-state index contributed by atoms with van der Waals surface area (Å²) in [5.74, 6) is 0. The Morgan fingerprint density at radius 1 is 1.17 bits per heavy atom. The maximum Gasteiger partial charge on any atom is 0.180 e. The lowest BCUT2D eigenvalue weighted by Gasteiger charge is -2.07. The molecule has 1 heterocycles. The molecule has 61 valence electrons. The van der Waals surface area contributed by atoms with E-state index < -0.39 is 0 Å². The maximum atomic E-state index is 5.75. The van der Waals surface area contributed by atoms with Gasteiger partial charge in [0.05, 0.1) is 6.26 Å². The Labute approximate surface area is 76.6 Å². The molecule has 1 aliphatic heterocycles. The normalized spacial score (nSPS) is 16.4. The minimum absolute atomic E-state index is 0.755. The van der Waals surface area contributed by atoms with Crippen molar-refractivity contribution in [1.82, 2.24) is 0 Å². The van der Waals surface area contributed by atoms with Gasteiger partial charge in [0, 0.05) is 17.0 Å². The molecular formula is C10H8ClO. The van der Waals surface area contributed by atoms with Crippen molar-refractivity contribution in [3.05, 3.63) is 53.3 Å². The van der Waals surface area contributed by atoms with Gasteiger partial charge in [0.2, 0.25) is 0 Å². The van der Waals surface area contributed by atoms with E-state index in [2.05, 4.69) is 0 Å². The fourth-order valence-corrected chi connectivity index (χ4v) is 1.28. The number of halogens is 1. The Hall–Kier alpha value is -0.950. The van der Waals surface area contributed by atoms with Gasteiger partial charge in [-0.15, -0.1) is 0 Å². The van der Waals surface area contributed by atoms with Gasteiger partial charge in [0.15, 0.2) is 6.10 Å². The van der Waals surface area contributed by atoms with Crippen LogP contribution in [0.2, 0.25) is 5.02 Å². The summed E-state index contributed by atoms with van der Waals surface area (Å²) in [4.78, 5) is 0. The van der Waals surface area contributed by atoms with Crippen molar-refractivity contribution in [1.29, 1.82) is 0 Å². The molecule has 2 rings (SSSR count). The molecular weight excluding hydrogens is 172 g/mol. The van der Waals surface area contributed by atoms with Crippen LogP contribution in [0.4, 0.5) is 0 Å². The van der Waals surface area contributed by atoms with Crippen LogP contribution in [-0.2, 0) is 4.74 Å². The van der Waals surface area contributed by atoms with Crippen molar-refractivity contribution in [2.75, 3.05) is 0 Å². The molecule has 0 spiro atoms. The fraction of sp³-hybridized carbons (Fsp3) is 0.100. The molecule has 0 saturated carbocycles. The van der Waals surface area contributed by atoms with Gasteiger partial charge in [0.25, 0.3) is 0 Å². The van der Waals surface area contributed by atoms with E-state index in [1.807, 2.05) is 30.3 Å². The molecule has 2 heteroatoms. The summed E-state index contributed by atoms with van der Waals surface area (Å²) in [5.41, 5.74) is 1.10. The molecule has 1 radical (unpaired) electrons. The second-order valence-electron chi connectivity index (χ2n) is 2.62. The lowest BCUT2D eigenvalue weighted by Crippen LogP contribution is -1.95. The predicted octanol–water partition coefficient (Wildman–Crippen LogP) is 3.15. The zero-order valence-electron chi connectivity index (χ0n) is 6.46. The molecule has 0 bridgehead atoms. The van der Waals surface area contributed by atoms with E-state index in [4.69, 9.17) is 16.3 Å². The molecule has 0 fully saturated rings. The molecule has 0 aliphatic carbocycles. The van der Waals surface area contributed by atoms with E-state index in [1.54, 1.807) is 6.26 Å². The van der Waals surface area contributed by atoms with E-state index in [-0.39, 0.29) is 0 Å². The molecule has 1 nitrogen and oxygen atoms in total. The smallest absolute Gasteiger partial charge is 0.180 e. The number of rotatable bonds is 1. The largest absolute Gasteiger partial charge is 0.486 e. The molecule has 0 atom stereocenters. The molecule has 0 unspecified atom stereocenters. The minimum Gasteiger partial charge on any atom is -0.486 e. The summed E-state index contributed by atoms with van der Waals surface area (Å²) in [7, 11) is 0. The molecule has 12 heavy (non-hydrogen) atoms. The van der Waals surface area contributed by atoms with Gasteiger partial charge in [-0.25, -0.2) is 0 Å². The van der Waals surface area contributed by atoms with Crippen LogP contribution in [-0.4, -0.2) is 0 Å². The van der Waals surface area contributed by atoms with Crippen LogP contribution in [0.3, 0.4) is 0 Å². The second-order valence-corrected chi connectivity index (χ2v) is 3.06. The van der Waals surface area contributed by atoms with Crippen molar-refractivity contribution in [3.63, 3.8) is 0 Å². The highest BCUT2D eigenvalue weighted by molar-refractivity contribution is 6.30. The van der Waals surface area contributed by atoms with Gasteiger partial charge in [-0.05, 0) is 18.2 Å². The average molecular weight is 180 g/mol. The molecule has 1 aromatic carbocycles. The van der Waals surface area contributed by atoms with Gasteiger partial charge in [-0.1, -0.05) is 23.7 Å². The molecule has 0 saturated heterocycles. The quantitative estimate of drug-likeness (QED) is 0.644. The minimum atomic E-state index is 0.755. The summed E-state index contributed by atoms with van der Waals surface area (Å²) in [6.07, 6.45) is 5.57. The van der Waals surface area contributed by atoms with Gasteiger partial charge in [0.1, 0.15) is 0 Å². The SMILES string of the molecule is Clc1ccc([C]2CC=CO2)cc1. The van der Waals surface area contributed by atoms with E-state index in [1.165, 1.54) is 0 Å². The third kappa shape index (κ3) is 1.46. The Balaban J connectivity index is 2.18. The van der Waals surface area contributed by atoms with Gasteiger partial charge >= 0.3 is 0 Å². The number of hydrogen-bond acceptors (Lipinski definition) is 1. The van der Waals surface area contributed by atoms with Gasteiger partial charge in [-0.3, -0.25) is 0 Å². The van der Waals surface area contributed by atoms with E-state index in [0.717, 1.165) is 23.1 Å². The fourth-order valence-electron chi connectivity index (χ4n) is 1.16. The van der Waals surface area contributed by atoms with Gasteiger partial charge in [-0.2, -0.15) is 0 Å². The highest BCUT2D eigenvalue weighted by Gasteiger charge is 2.14. The van der Waals surface area contributed by atoms with Crippen molar-refractivity contribution in [2.24, 2.45) is 0 Å². The van der Waals surface area contributed by atoms with Crippen LogP contribution >= 0.6 is 11.6 Å². The number of hydrogen-bond donors (Lipinski definition) is 0. The number of ether oxygens (including phenoxy) is 1. The predicted molar refractivity (Wildman–Crippen MR) is 48.6 cm³/mol. The van der Waals surface area contributed by atoms with Crippen LogP contribution in [0.5, 0.6) is 0 Å². The second kappa shape index (κ2) is 3.20. The Morgan fingerprint density at radius 3 is 2.50 bits per heavy atom. The van der Waals surface area contributed by atoms with Crippen molar-refractivity contribution < 1.29 is 4.74 Å². The topological polar surface area (TPSA) is 9.23 Å². The first kappa shape index (κ1) is 7.69. The van der Waals surface area contributed by atoms with Crippen LogP contribution < -0.4 is 0 Å². The summed E-state index contributed by atoms with van der Waals surface area (Å²) >= 11 is 5.75. The average Bonchev–Trinajstić information content (AvgIpc) is 2.58. The Kier molecular flexibility index (Phi) is 2.05. The summed E-state index contributed by atoms with van der Waals surface area (Å²) in [6.45, 7) is 0. The first-order valence-electron chi connectivity index (χ1n) is 3.80. The summed E-state index contributed by atoms with van der Waals surface area (Å²) in [6, 6.07) is 7.66. The van der Waals surface area contributed by atoms with Crippen LogP contribution in [0, 0.1) is 6.10 Å². The summed E-state index contributed by atoms with van der Waals surface area (Å²) in [5, 5.41) is 0.755. The Bertz CT molecular complexity index is 281. The lowest BCUT2D eigenvalue weighted by atomic mass is 10.1. The maximum absolute atomic E-state index is 5.75. The third-order valence-electron chi connectivity index (χ3n) is 1.78. The summed E-state index contributed by atoms with van der Waals surface area (Å²) < 4.78 is 5.27. The van der Waals surface area contributed by atoms with Crippen molar-refractivity contribution in [2.45, 2.75) is 6.42 Å². The standard InChI is InChI=1S/C10H8ClO/c11-9-5-3-8(4-6-9)10-2-1-7-12-10/h1,3-7H,2H2. The van der Waals surface area contributed by atoms with E-state index in [0.29, 0.717) is 0 Å². The van der Waals surface area contributed by atoms with Crippen molar-refractivity contribution in [3.8, 4) is 0 Å². The molecule has 0 aromatic heterocycles. The molecule has 1 aromatic rings. The first-order valence-corrected chi connectivity index (χ1v) is 4.17. The number of benzene rings is 1. The monoisotopic (exact) mass is 179 g/mol. The highest BCUT2D eigenvalue weighted by Crippen LogP contribution is 2.26. The lowest BCUT2D eigenvalue weighted by molar-refractivity contribution is 0.303. The van der Waals surface area contributed by atoms with Crippen LogP contribution in [0.25, 0.3) is 0 Å². The van der Waals surface area contributed by atoms with Crippen molar-refractivity contribution >= 4 is 11.6 Å². The zero-order chi connectivity index (χ0) is 8.39. The van der Waals surface area contributed by atoms with Crippen LogP contribution in [0.1, 0.15) is 12.0 Å². The van der Waals surface area contributed by atoms with Crippen LogP contribution in [0.15, 0.2) is 36.6 Å². The van der Waals surface area contributed by atoms with Gasteiger partial charge < -0.3 is 4.74 Å². The first-order chi connectivity index (χ1) is 5.86. The van der Waals surface area contributed by atoms with E-state index >= 15 is 0 Å². The van der Waals surface area contributed by atoms with E-state index in [9.17, 15) is 0 Å².